The second kappa shape index (κ2) is 13.0. The molecule has 1 N–H and O–H groups in total. The summed E-state index contributed by atoms with van der Waals surface area (Å²) in [6.07, 6.45) is 3.73. The molecule has 1 atom stereocenters. The van der Waals surface area contributed by atoms with Gasteiger partial charge < -0.3 is 10.1 Å². The maximum atomic E-state index is 6.04. The Hall–Kier alpha value is -1.26. The molecule has 2 aromatic rings. The van der Waals surface area contributed by atoms with Crippen molar-refractivity contribution in [1.29, 1.82) is 0 Å². The number of ether oxygens (including phenoxy) is 1. The van der Waals surface area contributed by atoms with E-state index in [4.69, 9.17) is 4.74 Å². The van der Waals surface area contributed by atoms with Crippen LogP contribution in [-0.2, 0) is 6.61 Å². The second-order valence-corrected chi connectivity index (χ2v) is 6.79. The monoisotopic (exact) mass is 410 g/mol. The molecule has 1 fully saturated rings. The molecule has 2 aromatic carbocycles. The van der Waals surface area contributed by atoms with Gasteiger partial charge in [0, 0.05) is 32.2 Å². The van der Waals surface area contributed by atoms with Crippen LogP contribution < -0.4 is 10.1 Å². The van der Waals surface area contributed by atoms with Gasteiger partial charge in [-0.05, 0) is 29.7 Å². The van der Waals surface area contributed by atoms with E-state index >= 15 is 0 Å². The predicted octanol–water partition coefficient (Wildman–Crippen LogP) is 5.25. The number of hydrogen-bond acceptors (Lipinski definition) is 3. The van der Waals surface area contributed by atoms with E-state index in [1.165, 1.54) is 30.4 Å². The Balaban J connectivity index is 0.00000182. The van der Waals surface area contributed by atoms with E-state index < -0.39 is 0 Å². The second-order valence-electron chi connectivity index (χ2n) is 6.79. The van der Waals surface area contributed by atoms with Gasteiger partial charge in [-0.15, -0.1) is 24.8 Å². The highest BCUT2D eigenvalue weighted by Crippen LogP contribution is 2.29. The van der Waals surface area contributed by atoms with Crippen molar-refractivity contribution in [3.63, 3.8) is 0 Å². The van der Waals surface area contributed by atoms with E-state index in [0.29, 0.717) is 12.6 Å². The topological polar surface area (TPSA) is 24.5 Å². The normalized spacial score (nSPS) is 15.3. The molecule has 0 aliphatic carbocycles. The standard InChI is InChI=1S/C22H30N2O.2ClH/c1-2-3-12-22(24-15-13-23-14-16-24)20-10-7-11-21(17-20)25-18-19-8-5-4-6-9-19;;/h4-11,17,22-23H,2-3,12-16,18H2,1H3;2*1H/t22-;;/m1../s1. The summed E-state index contributed by atoms with van der Waals surface area (Å²) in [5.74, 6) is 0.970. The number of unbranched alkanes of at least 4 members (excludes halogenated alkanes) is 1. The van der Waals surface area contributed by atoms with E-state index in [2.05, 4.69) is 65.7 Å². The summed E-state index contributed by atoms with van der Waals surface area (Å²) in [5, 5.41) is 3.46. The average Bonchev–Trinajstić information content (AvgIpc) is 2.69. The molecule has 27 heavy (non-hydrogen) atoms. The minimum Gasteiger partial charge on any atom is -0.489 e. The Morgan fingerprint density at radius 1 is 1.00 bits per heavy atom. The van der Waals surface area contributed by atoms with Crippen molar-refractivity contribution in [2.45, 2.75) is 38.8 Å². The van der Waals surface area contributed by atoms with E-state index in [-0.39, 0.29) is 24.8 Å². The van der Waals surface area contributed by atoms with Gasteiger partial charge in [0.1, 0.15) is 12.4 Å². The molecule has 3 rings (SSSR count). The quantitative estimate of drug-likeness (QED) is 0.643. The molecule has 3 nitrogen and oxygen atoms in total. The van der Waals surface area contributed by atoms with Crippen LogP contribution in [-0.4, -0.2) is 31.1 Å². The molecule has 0 bridgehead atoms. The van der Waals surface area contributed by atoms with Crippen LogP contribution in [0.15, 0.2) is 54.6 Å². The molecular formula is C22H32Cl2N2O. The summed E-state index contributed by atoms with van der Waals surface area (Å²) < 4.78 is 6.04. The third kappa shape index (κ3) is 7.34. The lowest BCUT2D eigenvalue weighted by atomic mass is 9.98. The smallest absolute Gasteiger partial charge is 0.120 e. The van der Waals surface area contributed by atoms with Gasteiger partial charge in [0.15, 0.2) is 0 Å². The van der Waals surface area contributed by atoms with Crippen LogP contribution in [0.5, 0.6) is 5.75 Å². The molecule has 1 aliphatic heterocycles. The Bertz CT molecular complexity index is 633. The van der Waals surface area contributed by atoms with Gasteiger partial charge in [-0.2, -0.15) is 0 Å². The summed E-state index contributed by atoms with van der Waals surface area (Å²) in [5.41, 5.74) is 2.60. The van der Waals surface area contributed by atoms with Gasteiger partial charge >= 0.3 is 0 Å². The lowest BCUT2D eigenvalue weighted by molar-refractivity contribution is 0.163. The van der Waals surface area contributed by atoms with E-state index in [1.54, 1.807) is 0 Å². The fraction of sp³-hybridized carbons (Fsp3) is 0.455. The Morgan fingerprint density at radius 3 is 2.44 bits per heavy atom. The molecule has 0 radical (unpaired) electrons. The van der Waals surface area contributed by atoms with Crippen molar-refractivity contribution in [3.8, 4) is 5.75 Å². The maximum Gasteiger partial charge on any atom is 0.120 e. The highest BCUT2D eigenvalue weighted by molar-refractivity contribution is 5.85. The number of nitrogens with one attached hydrogen (secondary N) is 1. The summed E-state index contributed by atoms with van der Waals surface area (Å²) in [6.45, 7) is 7.33. The average molecular weight is 411 g/mol. The molecular weight excluding hydrogens is 379 g/mol. The predicted molar refractivity (Wildman–Crippen MR) is 118 cm³/mol. The van der Waals surface area contributed by atoms with Gasteiger partial charge in [0.25, 0.3) is 0 Å². The first kappa shape index (κ1) is 23.8. The molecule has 5 heteroatoms. The molecule has 0 spiro atoms. The fourth-order valence-electron chi connectivity index (χ4n) is 3.50. The largest absolute Gasteiger partial charge is 0.489 e. The van der Waals surface area contributed by atoms with Gasteiger partial charge in [-0.25, -0.2) is 0 Å². The molecule has 1 saturated heterocycles. The first-order chi connectivity index (χ1) is 12.4. The zero-order valence-corrected chi connectivity index (χ0v) is 17.7. The molecule has 0 amide bonds. The lowest BCUT2D eigenvalue weighted by Gasteiger charge is -2.35. The minimum absolute atomic E-state index is 0. The number of nitrogens with zero attached hydrogens (tertiary/aromatic N) is 1. The van der Waals surface area contributed by atoms with Crippen molar-refractivity contribution in [2.24, 2.45) is 0 Å². The number of benzene rings is 2. The fourth-order valence-corrected chi connectivity index (χ4v) is 3.50. The van der Waals surface area contributed by atoms with Crippen molar-refractivity contribution in [2.75, 3.05) is 26.2 Å². The number of halogens is 2. The first-order valence-electron chi connectivity index (χ1n) is 9.58. The maximum absolute atomic E-state index is 6.04. The van der Waals surface area contributed by atoms with Crippen molar-refractivity contribution >= 4 is 24.8 Å². The Labute approximate surface area is 176 Å². The van der Waals surface area contributed by atoms with Gasteiger partial charge in [-0.3, -0.25) is 4.90 Å². The molecule has 1 heterocycles. The third-order valence-electron chi connectivity index (χ3n) is 4.91. The van der Waals surface area contributed by atoms with Gasteiger partial charge in [0.05, 0.1) is 0 Å². The van der Waals surface area contributed by atoms with E-state index in [0.717, 1.165) is 31.9 Å². The highest BCUT2D eigenvalue weighted by Gasteiger charge is 2.21. The molecule has 1 aliphatic rings. The molecule has 0 saturated carbocycles. The number of piperazine rings is 1. The van der Waals surface area contributed by atoms with Crippen LogP contribution >= 0.6 is 24.8 Å². The Morgan fingerprint density at radius 2 is 1.74 bits per heavy atom. The van der Waals surface area contributed by atoms with Crippen LogP contribution in [0.25, 0.3) is 0 Å². The zero-order valence-electron chi connectivity index (χ0n) is 16.1. The van der Waals surface area contributed by atoms with Crippen LogP contribution in [0.2, 0.25) is 0 Å². The minimum atomic E-state index is 0. The van der Waals surface area contributed by atoms with Crippen LogP contribution in [0, 0.1) is 0 Å². The first-order valence-corrected chi connectivity index (χ1v) is 9.58. The molecule has 0 unspecified atom stereocenters. The van der Waals surface area contributed by atoms with Crippen LogP contribution in [0.4, 0.5) is 0 Å². The van der Waals surface area contributed by atoms with Gasteiger partial charge in [0.2, 0.25) is 0 Å². The summed E-state index contributed by atoms with van der Waals surface area (Å²) >= 11 is 0. The summed E-state index contributed by atoms with van der Waals surface area (Å²) in [6, 6.07) is 19.6. The SMILES string of the molecule is CCCC[C@H](c1cccc(OCc2ccccc2)c1)N1CCNCC1.Cl.Cl. The zero-order chi connectivity index (χ0) is 17.3. The van der Waals surface area contributed by atoms with Crippen LogP contribution in [0.1, 0.15) is 43.4 Å². The number of hydrogen-bond donors (Lipinski definition) is 1. The molecule has 150 valence electrons. The van der Waals surface area contributed by atoms with Crippen molar-refractivity contribution < 1.29 is 4.74 Å². The summed E-state index contributed by atoms with van der Waals surface area (Å²) in [4.78, 5) is 2.63. The van der Waals surface area contributed by atoms with E-state index in [9.17, 15) is 0 Å². The van der Waals surface area contributed by atoms with Crippen molar-refractivity contribution in [3.05, 3.63) is 65.7 Å². The van der Waals surface area contributed by atoms with E-state index in [1.807, 2.05) is 6.07 Å². The van der Waals surface area contributed by atoms with Gasteiger partial charge in [-0.1, -0.05) is 62.2 Å². The molecule has 0 aromatic heterocycles. The Kier molecular flexibility index (Phi) is 11.5. The van der Waals surface area contributed by atoms with Crippen molar-refractivity contribution in [1.82, 2.24) is 10.2 Å². The lowest BCUT2D eigenvalue weighted by Crippen LogP contribution is -2.45. The highest BCUT2D eigenvalue weighted by atomic mass is 35.5. The number of rotatable bonds is 8. The summed E-state index contributed by atoms with van der Waals surface area (Å²) in [7, 11) is 0. The van der Waals surface area contributed by atoms with Crippen LogP contribution in [0.3, 0.4) is 0 Å². The third-order valence-corrected chi connectivity index (χ3v) is 4.91.